The van der Waals surface area contributed by atoms with Crippen LogP contribution in [0.15, 0.2) is 0 Å². The summed E-state index contributed by atoms with van der Waals surface area (Å²) in [5.74, 6) is -3.10. The lowest BCUT2D eigenvalue weighted by atomic mass is 10.1. The van der Waals surface area contributed by atoms with E-state index < -0.39 is 24.9 Å². The number of amides is 1. The van der Waals surface area contributed by atoms with E-state index in [1.165, 1.54) is 0 Å². The highest BCUT2D eigenvalue weighted by Gasteiger charge is 2.42. The number of carbonyl (C=O) groups is 1. The van der Waals surface area contributed by atoms with Gasteiger partial charge in [0, 0.05) is 19.1 Å². The van der Waals surface area contributed by atoms with Crippen molar-refractivity contribution < 1.29 is 18.3 Å². The summed E-state index contributed by atoms with van der Waals surface area (Å²) in [6, 6.07) is -0.816. The number of alkyl halides is 2. The van der Waals surface area contributed by atoms with Crippen LogP contribution >= 0.6 is 0 Å². The van der Waals surface area contributed by atoms with Crippen LogP contribution < -0.4 is 10.6 Å². The third kappa shape index (κ3) is 3.62. The predicted octanol–water partition coefficient (Wildman–Crippen LogP) is 1.06. The van der Waals surface area contributed by atoms with Gasteiger partial charge < -0.3 is 10.1 Å². The Hall–Kier alpha value is -0.750. The van der Waals surface area contributed by atoms with Gasteiger partial charge in [0.1, 0.15) is 0 Å². The molecule has 2 N–H and O–H groups in total. The van der Waals surface area contributed by atoms with Crippen molar-refractivity contribution in [2.75, 3.05) is 13.2 Å². The fraction of sp³-hybridized carbons (Fsp3) is 0.917. The molecule has 0 bridgehead atoms. The van der Waals surface area contributed by atoms with Gasteiger partial charge in [-0.25, -0.2) is 8.78 Å². The van der Waals surface area contributed by atoms with Gasteiger partial charge in [-0.05, 0) is 26.2 Å². The van der Waals surface area contributed by atoms with Crippen LogP contribution in [0.5, 0.6) is 0 Å². The monoisotopic (exact) mass is 262 g/mol. The molecule has 18 heavy (non-hydrogen) atoms. The van der Waals surface area contributed by atoms with Crippen LogP contribution in [0.4, 0.5) is 8.78 Å². The number of hydrogen-bond acceptors (Lipinski definition) is 3. The maximum atomic E-state index is 13.0. The zero-order chi connectivity index (χ0) is 13.2. The van der Waals surface area contributed by atoms with Crippen LogP contribution in [0.3, 0.4) is 0 Å². The van der Waals surface area contributed by atoms with E-state index in [2.05, 4.69) is 10.6 Å². The van der Waals surface area contributed by atoms with E-state index >= 15 is 0 Å². The lowest BCUT2D eigenvalue weighted by Gasteiger charge is -2.19. The molecule has 0 saturated carbocycles. The first-order valence-electron chi connectivity index (χ1n) is 6.49. The molecule has 0 aliphatic carbocycles. The standard InChI is InChI=1S/C12H20F2N2O2/c1-8(5-9-3-2-4-18-9)16-11(17)10-6-12(13,14)7-15-10/h8-10,15H,2-7H2,1H3,(H,16,17). The second kappa shape index (κ2) is 5.48. The van der Waals surface area contributed by atoms with E-state index in [4.69, 9.17) is 4.74 Å². The molecule has 1 amide bonds. The van der Waals surface area contributed by atoms with E-state index in [-0.39, 0.29) is 18.1 Å². The minimum Gasteiger partial charge on any atom is -0.378 e. The first-order valence-corrected chi connectivity index (χ1v) is 6.49. The van der Waals surface area contributed by atoms with Crippen LogP contribution in [0, 0.1) is 0 Å². The molecule has 0 aromatic heterocycles. The van der Waals surface area contributed by atoms with Crippen LogP contribution in [0.1, 0.15) is 32.6 Å². The highest BCUT2D eigenvalue weighted by molar-refractivity contribution is 5.82. The van der Waals surface area contributed by atoms with Crippen LogP contribution in [0.25, 0.3) is 0 Å². The molecule has 2 heterocycles. The van der Waals surface area contributed by atoms with Crippen molar-refractivity contribution in [1.29, 1.82) is 0 Å². The Morgan fingerprint density at radius 1 is 1.61 bits per heavy atom. The molecule has 2 saturated heterocycles. The molecule has 2 aliphatic rings. The summed E-state index contributed by atoms with van der Waals surface area (Å²) >= 11 is 0. The Morgan fingerprint density at radius 3 is 2.94 bits per heavy atom. The van der Waals surface area contributed by atoms with Crippen molar-refractivity contribution in [2.45, 2.75) is 56.7 Å². The second-order valence-electron chi connectivity index (χ2n) is 5.27. The zero-order valence-electron chi connectivity index (χ0n) is 10.5. The van der Waals surface area contributed by atoms with E-state index in [0.29, 0.717) is 0 Å². The maximum Gasteiger partial charge on any atom is 0.262 e. The van der Waals surface area contributed by atoms with E-state index in [9.17, 15) is 13.6 Å². The normalized spacial score (nSPS) is 32.4. The molecule has 4 nitrogen and oxygen atoms in total. The van der Waals surface area contributed by atoms with Gasteiger partial charge in [0.15, 0.2) is 0 Å². The average molecular weight is 262 g/mol. The maximum absolute atomic E-state index is 13.0. The summed E-state index contributed by atoms with van der Waals surface area (Å²) < 4.78 is 31.4. The van der Waals surface area contributed by atoms with Gasteiger partial charge in [-0.1, -0.05) is 0 Å². The largest absolute Gasteiger partial charge is 0.378 e. The van der Waals surface area contributed by atoms with Crippen molar-refractivity contribution in [3.05, 3.63) is 0 Å². The summed E-state index contributed by atoms with van der Waals surface area (Å²) in [4.78, 5) is 11.8. The zero-order valence-corrected chi connectivity index (χ0v) is 10.5. The Bertz CT molecular complexity index is 306. The molecule has 0 spiro atoms. The first-order chi connectivity index (χ1) is 8.46. The summed E-state index contributed by atoms with van der Waals surface area (Å²) in [6.07, 6.45) is 2.60. The minimum absolute atomic E-state index is 0.0448. The SMILES string of the molecule is CC(CC1CCCO1)NC(=O)C1CC(F)(F)CN1. The van der Waals surface area contributed by atoms with Gasteiger partial charge in [-0.3, -0.25) is 10.1 Å². The third-order valence-corrected chi connectivity index (χ3v) is 3.46. The van der Waals surface area contributed by atoms with Crippen molar-refractivity contribution in [3.63, 3.8) is 0 Å². The molecule has 3 atom stereocenters. The number of halogens is 2. The molecule has 0 aromatic carbocycles. The van der Waals surface area contributed by atoms with Crippen molar-refractivity contribution in [2.24, 2.45) is 0 Å². The summed E-state index contributed by atoms with van der Waals surface area (Å²) in [6.45, 7) is 2.25. The first kappa shape index (κ1) is 13.7. The van der Waals surface area contributed by atoms with Gasteiger partial charge in [0.2, 0.25) is 5.91 Å². The summed E-state index contributed by atoms with van der Waals surface area (Å²) in [7, 11) is 0. The Balaban J connectivity index is 1.73. The van der Waals surface area contributed by atoms with Gasteiger partial charge >= 0.3 is 0 Å². The van der Waals surface area contributed by atoms with Crippen molar-refractivity contribution >= 4 is 5.91 Å². The summed E-state index contributed by atoms with van der Waals surface area (Å²) in [5, 5.41) is 5.32. The number of hydrogen-bond donors (Lipinski definition) is 2. The van der Waals surface area contributed by atoms with Crippen LogP contribution in [-0.2, 0) is 9.53 Å². The summed E-state index contributed by atoms with van der Waals surface area (Å²) in [5.41, 5.74) is 0. The molecule has 104 valence electrons. The molecule has 2 aliphatic heterocycles. The number of carbonyl (C=O) groups excluding carboxylic acids is 1. The van der Waals surface area contributed by atoms with Gasteiger partial charge in [-0.15, -0.1) is 0 Å². The minimum atomic E-state index is -2.76. The highest BCUT2D eigenvalue weighted by atomic mass is 19.3. The van der Waals surface area contributed by atoms with Gasteiger partial charge in [0.25, 0.3) is 5.92 Å². The van der Waals surface area contributed by atoms with Gasteiger partial charge in [-0.2, -0.15) is 0 Å². The molecule has 6 heteroatoms. The lowest BCUT2D eigenvalue weighted by Crippen LogP contribution is -2.45. The van der Waals surface area contributed by atoms with Crippen LogP contribution in [-0.4, -0.2) is 43.2 Å². The van der Waals surface area contributed by atoms with Crippen molar-refractivity contribution in [3.8, 4) is 0 Å². The fourth-order valence-electron chi connectivity index (χ4n) is 2.53. The topological polar surface area (TPSA) is 50.4 Å². The molecule has 0 radical (unpaired) electrons. The average Bonchev–Trinajstić information content (AvgIpc) is 2.87. The lowest BCUT2D eigenvalue weighted by molar-refractivity contribution is -0.124. The quantitative estimate of drug-likeness (QED) is 0.796. The highest BCUT2D eigenvalue weighted by Crippen LogP contribution is 2.25. The Kier molecular flexibility index (Phi) is 4.17. The fourth-order valence-corrected chi connectivity index (χ4v) is 2.53. The molecule has 2 fully saturated rings. The molecular weight excluding hydrogens is 242 g/mol. The Morgan fingerprint density at radius 2 is 2.39 bits per heavy atom. The number of nitrogens with one attached hydrogen (secondary N) is 2. The Labute approximate surface area is 105 Å². The van der Waals surface area contributed by atoms with E-state index in [1.54, 1.807) is 0 Å². The molecule has 0 aromatic rings. The third-order valence-electron chi connectivity index (χ3n) is 3.46. The predicted molar refractivity (Wildman–Crippen MR) is 62.6 cm³/mol. The second-order valence-corrected chi connectivity index (χ2v) is 5.27. The van der Waals surface area contributed by atoms with E-state index in [1.807, 2.05) is 6.92 Å². The van der Waals surface area contributed by atoms with Gasteiger partial charge in [0.05, 0.1) is 18.7 Å². The van der Waals surface area contributed by atoms with Crippen molar-refractivity contribution in [1.82, 2.24) is 10.6 Å². The smallest absolute Gasteiger partial charge is 0.262 e. The molecular formula is C12H20F2N2O2. The number of ether oxygens (including phenoxy) is 1. The van der Waals surface area contributed by atoms with E-state index in [0.717, 1.165) is 25.9 Å². The number of rotatable bonds is 4. The molecule has 3 unspecified atom stereocenters. The molecule has 2 rings (SSSR count). The van der Waals surface area contributed by atoms with Crippen LogP contribution in [0.2, 0.25) is 0 Å².